The third-order valence-electron chi connectivity index (χ3n) is 3.27. The average molecular weight is 265 g/mol. The molecule has 2 heterocycles. The van der Waals surface area contributed by atoms with E-state index in [-0.39, 0.29) is 5.91 Å². The highest BCUT2D eigenvalue weighted by Gasteiger charge is 2.36. The van der Waals surface area contributed by atoms with Crippen molar-refractivity contribution in [2.75, 3.05) is 20.1 Å². The Hall–Kier alpha value is -1.52. The minimum absolute atomic E-state index is 0.242. The van der Waals surface area contributed by atoms with Gasteiger partial charge in [-0.05, 0) is 38.3 Å². The van der Waals surface area contributed by atoms with E-state index in [2.05, 4.69) is 25.9 Å². The van der Waals surface area contributed by atoms with Gasteiger partial charge in [0, 0.05) is 13.1 Å². The molecule has 0 radical (unpaired) electrons. The lowest BCUT2D eigenvalue weighted by molar-refractivity contribution is 0.0885. The molecular formula is C11H15N5OS. The number of nitrogens with zero attached hydrogens (tertiary/aromatic N) is 4. The van der Waals surface area contributed by atoms with Crippen LogP contribution in [0.4, 0.5) is 0 Å². The maximum Gasteiger partial charge on any atom is 0.266 e. The molecule has 0 spiro atoms. The van der Waals surface area contributed by atoms with Crippen molar-refractivity contribution < 1.29 is 4.79 Å². The van der Waals surface area contributed by atoms with Crippen molar-refractivity contribution in [3.8, 4) is 6.07 Å². The first-order valence-electron chi connectivity index (χ1n) is 5.77. The second-order valence-electron chi connectivity index (χ2n) is 4.64. The van der Waals surface area contributed by atoms with Crippen LogP contribution in [0.3, 0.4) is 0 Å². The predicted octanol–water partition coefficient (Wildman–Crippen LogP) is 0.564. The lowest BCUT2D eigenvalue weighted by atomic mass is 9.89. The zero-order valence-corrected chi connectivity index (χ0v) is 11.3. The van der Waals surface area contributed by atoms with Crippen LogP contribution >= 0.6 is 11.5 Å². The van der Waals surface area contributed by atoms with E-state index in [1.165, 1.54) is 0 Å². The van der Waals surface area contributed by atoms with Gasteiger partial charge in [-0.25, -0.2) is 0 Å². The number of nitriles is 1. The molecule has 1 amide bonds. The lowest BCUT2D eigenvalue weighted by Gasteiger charge is -2.35. The van der Waals surface area contributed by atoms with E-state index in [0.717, 1.165) is 24.6 Å². The van der Waals surface area contributed by atoms with Crippen molar-refractivity contribution in [1.29, 1.82) is 5.26 Å². The quantitative estimate of drug-likeness (QED) is 0.845. The van der Waals surface area contributed by atoms with Crippen LogP contribution in [0, 0.1) is 18.3 Å². The van der Waals surface area contributed by atoms with E-state index in [9.17, 15) is 10.1 Å². The monoisotopic (exact) mass is 265 g/mol. The molecule has 1 aliphatic heterocycles. The van der Waals surface area contributed by atoms with Crippen LogP contribution in [0.1, 0.15) is 28.2 Å². The summed E-state index contributed by atoms with van der Waals surface area (Å²) in [7, 11) is 2.01. The van der Waals surface area contributed by atoms with Crippen LogP contribution in [0.2, 0.25) is 0 Å². The molecular weight excluding hydrogens is 250 g/mol. The topological polar surface area (TPSA) is 81.9 Å². The van der Waals surface area contributed by atoms with Crippen molar-refractivity contribution >= 4 is 17.4 Å². The average Bonchev–Trinajstić information content (AvgIpc) is 2.79. The summed E-state index contributed by atoms with van der Waals surface area (Å²) in [6.07, 6.45) is 1.30. The normalized spacial score (nSPS) is 19.2. The summed E-state index contributed by atoms with van der Waals surface area (Å²) in [4.78, 5) is 14.7. The van der Waals surface area contributed by atoms with Crippen molar-refractivity contribution in [3.63, 3.8) is 0 Å². The van der Waals surface area contributed by atoms with Gasteiger partial charge >= 0.3 is 0 Å². The first-order chi connectivity index (χ1) is 8.56. The van der Waals surface area contributed by atoms with E-state index >= 15 is 0 Å². The van der Waals surface area contributed by atoms with Gasteiger partial charge in [0.05, 0.1) is 11.8 Å². The second kappa shape index (κ2) is 5.00. The summed E-state index contributed by atoms with van der Waals surface area (Å²) in [6.45, 7) is 3.37. The highest BCUT2D eigenvalue weighted by atomic mass is 32.1. The summed E-state index contributed by atoms with van der Waals surface area (Å²) in [6, 6.07) is 2.26. The maximum atomic E-state index is 12.1. The fourth-order valence-electron chi connectivity index (χ4n) is 1.98. The van der Waals surface area contributed by atoms with Crippen molar-refractivity contribution in [1.82, 2.24) is 19.8 Å². The molecule has 1 saturated heterocycles. The van der Waals surface area contributed by atoms with Crippen LogP contribution in [0.25, 0.3) is 0 Å². The number of hydrogen-bond acceptors (Lipinski definition) is 6. The van der Waals surface area contributed by atoms with Gasteiger partial charge in [-0.2, -0.15) is 5.26 Å². The summed E-state index contributed by atoms with van der Waals surface area (Å²) in [5, 5.41) is 16.0. The number of hydrogen-bond donors (Lipinski definition) is 1. The highest BCUT2D eigenvalue weighted by Crippen LogP contribution is 2.22. The lowest BCUT2D eigenvalue weighted by Crippen LogP contribution is -2.53. The second-order valence-corrected chi connectivity index (χ2v) is 5.39. The Morgan fingerprint density at radius 2 is 2.22 bits per heavy atom. The van der Waals surface area contributed by atoms with Crippen molar-refractivity contribution in [2.45, 2.75) is 25.3 Å². The Kier molecular flexibility index (Phi) is 3.59. The molecule has 1 aromatic heterocycles. The Morgan fingerprint density at radius 3 is 2.72 bits per heavy atom. The third kappa shape index (κ3) is 2.49. The first kappa shape index (κ1) is 12.9. The standard InChI is InChI=1S/C11H15N5OS/c1-8-9(18-15-14-8)10(17)13-11(7-12)3-5-16(2)6-4-11/h3-6H2,1-2H3,(H,13,17). The Balaban J connectivity index is 2.10. The number of rotatable bonds is 2. The summed E-state index contributed by atoms with van der Waals surface area (Å²) in [5.41, 5.74) is -0.140. The summed E-state index contributed by atoms with van der Waals surface area (Å²) in [5.74, 6) is -0.242. The number of carbonyl (C=O) groups is 1. The van der Waals surface area contributed by atoms with Crippen LogP contribution in [-0.2, 0) is 0 Å². The molecule has 0 aliphatic carbocycles. The molecule has 96 valence electrons. The Morgan fingerprint density at radius 1 is 1.56 bits per heavy atom. The molecule has 1 fully saturated rings. The predicted molar refractivity (Wildman–Crippen MR) is 67.2 cm³/mol. The number of carbonyl (C=O) groups excluding carboxylic acids is 1. The molecule has 0 saturated carbocycles. The molecule has 0 atom stereocenters. The Labute approximate surface area is 110 Å². The largest absolute Gasteiger partial charge is 0.333 e. The maximum absolute atomic E-state index is 12.1. The molecule has 0 bridgehead atoms. The summed E-state index contributed by atoms with van der Waals surface area (Å²) >= 11 is 1.06. The van der Waals surface area contributed by atoms with Crippen LogP contribution in [-0.4, -0.2) is 46.1 Å². The van der Waals surface area contributed by atoms with Gasteiger partial charge in [-0.1, -0.05) is 4.49 Å². The van der Waals surface area contributed by atoms with E-state index in [0.29, 0.717) is 23.4 Å². The van der Waals surface area contributed by atoms with E-state index in [1.54, 1.807) is 6.92 Å². The van der Waals surface area contributed by atoms with E-state index in [1.807, 2.05) is 7.05 Å². The summed E-state index contributed by atoms with van der Waals surface area (Å²) < 4.78 is 3.74. The third-order valence-corrected chi connectivity index (χ3v) is 4.09. The number of amides is 1. The fourth-order valence-corrected chi connectivity index (χ4v) is 2.53. The van der Waals surface area contributed by atoms with Gasteiger partial charge in [0.2, 0.25) is 0 Å². The molecule has 2 rings (SSSR count). The van der Waals surface area contributed by atoms with E-state index in [4.69, 9.17) is 0 Å². The van der Waals surface area contributed by atoms with Crippen LogP contribution < -0.4 is 5.32 Å². The number of aryl methyl sites for hydroxylation is 1. The van der Waals surface area contributed by atoms with Crippen LogP contribution in [0.15, 0.2) is 0 Å². The molecule has 1 aromatic rings. The van der Waals surface area contributed by atoms with Gasteiger partial charge in [0.15, 0.2) is 0 Å². The van der Waals surface area contributed by atoms with Crippen LogP contribution in [0.5, 0.6) is 0 Å². The molecule has 18 heavy (non-hydrogen) atoms. The van der Waals surface area contributed by atoms with Crippen molar-refractivity contribution in [2.24, 2.45) is 0 Å². The molecule has 1 aliphatic rings. The number of likely N-dealkylation sites (tertiary alicyclic amines) is 1. The first-order valence-corrected chi connectivity index (χ1v) is 6.55. The smallest absolute Gasteiger partial charge is 0.266 e. The zero-order valence-electron chi connectivity index (χ0n) is 10.4. The van der Waals surface area contributed by atoms with Gasteiger partial charge in [-0.15, -0.1) is 5.10 Å². The number of aromatic nitrogens is 2. The molecule has 0 aromatic carbocycles. The minimum atomic E-state index is -0.750. The number of nitrogens with one attached hydrogen (secondary N) is 1. The van der Waals surface area contributed by atoms with Gasteiger partial charge in [0.1, 0.15) is 10.4 Å². The minimum Gasteiger partial charge on any atom is -0.333 e. The molecule has 1 N–H and O–H groups in total. The molecule has 6 nitrogen and oxygen atoms in total. The Bertz CT molecular complexity index is 484. The van der Waals surface area contributed by atoms with Gasteiger partial charge in [0.25, 0.3) is 5.91 Å². The zero-order chi connectivity index (χ0) is 13.2. The van der Waals surface area contributed by atoms with Gasteiger partial charge in [-0.3, -0.25) is 4.79 Å². The fraction of sp³-hybridized carbons (Fsp3) is 0.636. The van der Waals surface area contributed by atoms with E-state index < -0.39 is 5.54 Å². The van der Waals surface area contributed by atoms with Crippen molar-refractivity contribution in [3.05, 3.63) is 10.6 Å². The van der Waals surface area contributed by atoms with Gasteiger partial charge < -0.3 is 10.2 Å². The molecule has 0 unspecified atom stereocenters. The SMILES string of the molecule is Cc1nnsc1C(=O)NC1(C#N)CCN(C)CC1. The highest BCUT2D eigenvalue weighted by molar-refractivity contribution is 7.08. The molecule has 7 heteroatoms. The number of piperidine rings is 1.